The summed E-state index contributed by atoms with van der Waals surface area (Å²) < 4.78 is 11.6. The van der Waals surface area contributed by atoms with E-state index in [0.29, 0.717) is 23.5 Å². The van der Waals surface area contributed by atoms with Gasteiger partial charge in [-0.2, -0.15) is 0 Å². The largest absolute Gasteiger partial charge is 0.393 e. The van der Waals surface area contributed by atoms with Gasteiger partial charge in [-0.3, -0.25) is 0 Å². The summed E-state index contributed by atoms with van der Waals surface area (Å²) in [6, 6.07) is 0. The molecule has 3 aliphatic carbocycles. The number of methoxy groups -OCH3 is 2. The third-order valence-corrected chi connectivity index (χ3v) is 7.93. The molecule has 24 heavy (non-hydrogen) atoms. The second kappa shape index (κ2) is 7.63. The van der Waals surface area contributed by atoms with Crippen LogP contribution in [-0.2, 0) is 9.47 Å². The van der Waals surface area contributed by atoms with Crippen molar-refractivity contribution >= 4 is 0 Å². The monoisotopic (exact) mass is 338 g/mol. The van der Waals surface area contributed by atoms with Gasteiger partial charge in [-0.05, 0) is 86.9 Å². The number of aliphatic hydroxyl groups excluding tert-OH is 1. The molecular weight excluding hydrogens is 300 g/mol. The number of ether oxygens (including phenoxy) is 2. The van der Waals surface area contributed by atoms with Crippen LogP contribution in [0.1, 0.15) is 71.6 Å². The highest BCUT2D eigenvalue weighted by atomic mass is 16.5. The minimum Gasteiger partial charge on any atom is -0.393 e. The summed E-state index contributed by atoms with van der Waals surface area (Å²) in [6.07, 6.45) is 11.0. The standard InChI is InChI=1S/C21H38O3/c1-14-5-6-15(22)7-8-16(23-3)11-19-18(14)9-10-21(2)13-17(24-4)12-20(19)21/h14-20,22H,5-13H2,1-4H3. The van der Waals surface area contributed by atoms with E-state index >= 15 is 0 Å². The summed E-state index contributed by atoms with van der Waals surface area (Å²) in [7, 11) is 3.74. The van der Waals surface area contributed by atoms with Crippen molar-refractivity contribution in [1.82, 2.24) is 0 Å². The molecule has 8 atom stereocenters. The van der Waals surface area contributed by atoms with E-state index in [2.05, 4.69) is 13.8 Å². The van der Waals surface area contributed by atoms with Crippen LogP contribution in [-0.4, -0.2) is 37.6 Å². The van der Waals surface area contributed by atoms with Crippen LogP contribution in [0.3, 0.4) is 0 Å². The van der Waals surface area contributed by atoms with Crippen LogP contribution in [0.5, 0.6) is 0 Å². The highest BCUT2D eigenvalue weighted by Crippen LogP contribution is 2.59. The molecule has 3 rings (SSSR count). The lowest BCUT2D eigenvalue weighted by molar-refractivity contribution is -0.0354. The second-order valence-corrected chi connectivity index (χ2v) is 9.30. The molecule has 0 radical (unpaired) electrons. The predicted octanol–water partition coefficient (Wildman–Crippen LogP) is 4.42. The van der Waals surface area contributed by atoms with Gasteiger partial charge in [0.2, 0.25) is 0 Å². The maximum atomic E-state index is 10.2. The van der Waals surface area contributed by atoms with Crippen LogP contribution in [0, 0.1) is 29.1 Å². The van der Waals surface area contributed by atoms with Gasteiger partial charge in [-0.25, -0.2) is 0 Å². The fourth-order valence-corrected chi connectivity index (χ4v) is 6.36. The van der Waals surface area contributed by atoms with Crippen molar-refractivity contribution in [2.75, 3.05) is 14.2 Å². The van der Waals surface area contributed by atoms with Crippen molar-refractivity contribution in [2.24, 2.45) is 29.1 Å². The molecule has 3 saturated carbocycles. The van der Waals surface area contributed by atoms with Crippen molar-refractivity contribution in [2.45, 2.75) is 89.9 Å². The van der Waals surface area contributed by atoms with Crippen LogP contribution >= 0.6 is 0 Å². The molecule has 8 unspecified atom stereocenters. The molecular formula is C21H38O3. The zero-order valence-electron chi connectivity index (χ0n) is 16.2. The summed E-state index contributed by atoms with van der Waals surface area (Å²) in [6.45, 7) is 4.95. The van der Waals surface area contributed by atoms with Crippen molar-refractivity contribution in [1.29, 1.82) is 0 Å². The number of hydrogen-bond acceptors (Lipinski definition) is 3. The number of hydrogen-bond donors (Lipinski definition) is 1. The molecule has 3 aliphatic rings. The molecule has 0 amide bonds. The maximum absolute atomic E-state index is 10.2. The Morgan fingerprint density at radius 3 is 2.29 bits per heavy atom. The molecule has 1 N–H and O–H groups in total. The third-order valence-electron chi connectivity index (χ3n) is 7.93. The summed E-state index contributed by atoms with van der Waals surface area (Å²) in [5.41, 5.74) is 0.462. The van der Waals surface area contributed by atoms with E-state index in [9.17, 15) is 5.11 Å². The SMILES string of the molecule is COC1CCC(O)CCC(C)C2CCC3(C)CC(OC)CC3C2C1. The van der Waals surface area contributed by atoms with Crippen LogP contribution < -0.4 is 0 Å². The van der Waals surface area contributed by atoms with E-state index in [4.69, 9.17) is 9.47 Å². The average Bonchev–Trinajstić information content (AvgIpc) is 2.93. The summed E-state index contributed by atoms with van der Waals surface area (Å²) >= 11 is 0. The molecule has 0 bridgehead atoms. The van der Waals surface area contributed by atoms with E-state index in [1.54, 1.807) is 0 Å². The van der Waals surface area contributed by atoms with Gasteiger partial charge in [0.05, 0.1) is 18.3 Å². The molecule has 0 aromatic heterocycles. The van der Waals surface area contributed by atoms with E-state index in [1.165, 1.54) is 38.5 Å². The number of aliphatic hydroxyl groups is 1. The molecule has 0 aromatic carbocycles. The van der Waals surface area contributed by atoms with Gasteiger partial charge in [0.15, 0.2) is 0 Å². The van der Waals surface area contributed by atoms with Crippen molar-refractivity contribution in [3.8, 4) is 0 Å². The quantitative estimate of drug-likeness (QED) is 0.810. The third kappa shape index (κ3) is 3.68. The Labute approximate surface area is 148 Å². The van der Waals surface area contributed by atoms with Crippen LogP contribution in [0.2, 0.25) is 0 Å². The number of fused-ring (bicyclic) bond motifs is 3. The van der Waals surface area contributed by atoms with E-state index in [0.717, 1.165) is 37.0 Å². The minimum atomic E-state index is -0.139. The Morgan fingerprint density at radius 1 is 0.875 bits per heavy atom. The molecule has 140 valence electrons. The molecule has 0 saturated heterocycles. The normalized spacial score (nSPS) is 50.1. The number of rotatable bonds is 2. The smallest absolute Gasteiger partial charge is 0.0579 e. The Kier molecular flexibility index (Phi) is 5.94. The van der Waals surface area contributed by atoms with Crippen molar-refractivity contribution in [3.63, 3.8) is 0 Å². The van der Waals surface area contributed by atoms with Gasteiger partial charge < -0.3 is 14.6 Å². The van der Waals surface area contributed by atoms with Gasteiger partial charge in [0, 0.05) is 14.2 Å². The zero-order valence-corrected chi connectivity index (χ0v) is 16.2. The van der Waals surface area contributed by atoms with Gasteiger partial charge in [-0.1, -0.05) is 13.8 Å². The molecule has 0 aromatic rings. The summed E-state index contributed by atoms with van der Waals surface area (Å²) in [4.78, 5) is 0. The summed E-state index contributed by atoms with van der Waals surface area (Å²) in [5.74, 6) is 3.05. The van der Waals surface area contributed by atoms with Gasteiger partial charge in [0.1, 0.15) is 0 Å². The Bertz CT molecular complexity index is 412. The van der Waals surface area contributed by atoms with E-state index in [-0.39, 0.29) is 6.10 Å². The minimum absolute atomic E-state index is 0.139. The van der Waals surface area contributed by atoms with Gasteiger partial charge in [-0.15, -0.1) is 0 Å². The fraction of sp³-hybridized carbons (Fsp3) is 1.00. The Hall–Kier alpha value is -0.120. The zero-order chi connectivity index (χ0) is 17.3. The van der Waals surface area contributed by atoms with Crippen molar-refractivity contribution in [3.05, 3.63) is 0 Å². The Balaban J connectivity index is 1.83. The van der Waals surface area contributed by atoms with Crippen LogP contribution in [0.15, 0.2) is 0 Å². The summed E-state index contributed by atoms with van der Waals surface area (Å²) in [5, 5.41) is 10.2. The predicted molar refractivity (Wildman–Crippen MR) is 96.9 cm³/mol. The van der Waals surface area contributed by atoms with E-state index < -0.39 is 0 Å². The highest BCUT2D eigenvalue weighted by Gasteiger charge is 2.53. The van der Waals surface area contributed by atoms with Crippen LogP contribution in [0.4, 0.5) is 0 Å². The fourth-order valence-electron chi connectivity index (χ4n) is 6.36. The average molecular weight is 339 g/mol. The first kappa shape index (κ1) is 18.7. The molecule has 3 heteroatoms. The van der Waals surface area contributed by atoms with E-state index in [1.807, 2.05) is 14.2 Å². The van der Waals surface area contributed by atoms with Gasteiger partial charge in [0.25, 0.3) is 0 Å². The molecule has 0 aliphatic heterocycles. The molecule has 3 fully saturated rings. The molecule has 0 heterocycles. The van der Waals surface area contributed by atoms with Crippen molar-refractivity contribution < 1.29 is 14.6 Å². The molecule has 3 nitrogen and oxygen atoms in total. The van der Waals surface area contributed by atoms with Gasteiger partial charge >= 0.3 is 0 Å². The first-order valence-electron chi connectivity index (χ1n) is 10.2. The maximum Gasteiger partial charge on any atom is 0.0579 e. The molecule has 0 spiro atoms. The first-order chi connectivity index (χ1) is 11.5. The first-order valence-corrected chi connectivity index (χ1v) is 10.2. The lowest BCUT2D eigenvalue weighted by Crippen LogP contribution is -2.43. The second-order valence-electron chi connectivity index (χ2n) is 9.30. The lowest BCUT2D eigenvalue weighted by Gasteiger charge is -2.49. The van der Waals surface area contributed by atoms with Crippen LogP contribution in [0.25, 0.3) is 0 Å². The highest BCUT2D eigenvalue weighted by molar-refractivity contribution is 5.02. The Morgan fingerprint density at radius 2 is 1.58 bits per heavy atom. The topological polar surface area (TPSA) is 38.7 Å². The lowest BCUT2D eigenvalue weighted by atomic mass is 9.56.